The van der Waals surface area contributed by atoms with Gasteiger partial charge in [0.05, 0.1) is 0 Å². The first-order chi connectivity index (χ1) is 26.3. The molecule has 0 atom stereocenters. The normalized spacial score (nSPS) is 11.2. The lowest BCUT2D eigenvalue weighted by atomic mass is 10.0. The molecule has 0 aliphatic heterocycles. The lowest BCUT2D eigenvalue weighted by molar-refractivity contribution is -0.132. The van der Waals surface area contributed by atoms with Gasteiger partial charge in [-0.3, -0.25) is 0 Å². The van der Waals surface area contributed by atoms with Crippen LogP contribution in [-0.4, -0.2) is 33.2 Å². The molecular weight excluding hydrogens is 673 g/mol. The predicted octanol–water partition coefficient (Wildman–Crippen LogP) is 16.0. The Morgan fingerprint density at radius 3 is 0.574 bits per heavy atom. The van der Waals surface area contributed by atoms with Crippen molar-refractivity contribution >= 4 is 17.9 Å². The smallest absolute Gasteiger partial charge is 0.327 e. The number of unbranched alkanes of at least 4 members (excludes halogenated alkanes) is 33. The number of carboxylic acids is 3. The number of carbonyl (C=O) groups is 3. The van der Waals surface area contributed by atoms with Gasteiger partial charge in [-0.15, -0.1) is 0 Å². The van der Waals surface area contributed by atoms with Crippen LogP contribution in [0.5, 0.6) is 0 Å². The molecule has 0 heterocycles. The highest BCUT2D eigenvalue weighted by Crippen LogP contribution is 2.14. The lowest BCUT2D eigenvalue weighted by Crippen LogP contribution is -1.86. The van der Waals surface area contributed by atoms with E-state index in [1.165, 1.54) is 211 Å². The van der Waals surface area contributed by atoms with Gasteiger partial charge in [0.15, 0.2) is 0 Å². The van der Waals surface area contributed by atoms with E-state index < -0.39 is 17.9 Å². The van der Waals surface area contributed by atoms with Crippen molar-refractivity contribution in [3.8, 4) is 0 Å². The van der Waals surface area contributed by atoms with Gasteiger partial charge in [-0.1, -0.05) is 232 Å². The average molecular weight is 763 g/mol. The van der Waals surface area contributed by atoms with Crippen LogP contribution in [0.25, 0.3) is 0 Å². The third kappa shape index (κ3) is 64.6. The Kier molecular flexibility index (Phi) is 54.7. The molecule has 0 saturated carbocycles. The van der Waals surface area contributed by atoms with E-state index in [2.05, 4.69) is 20.8 Å². The minimum absolute atomic E-state index is 0.834. The number of rotatable bonds is 39. The number of hydrogen-bond acceptors (Lipinski definition) is 3. The fourth-order valence-electron chi connectivity index (χ4n) is 6.33. The van der Waals surface area contributed by atoms with Gasteiger partial charge < -0.3 is 15.3 Å². The third-order valence-corrected chi connectivity index (χ3v) is 9.70. The second-order valence-corrected chi connectivity index (χ2v) is 15.2. The molecular formula is C48H90O6. The molecule has 54 heavy (non-hydrogen) atoms. The van der Waals surface area contributed by atoms with Crippen molar-refractivity contribution in [1.82, 2.24) is 0 Å². The van der Waals surface area contributed by atoms with Crippen LogP contribution in [0.2, 0.25) is 0 Å². The number of carboxylic acid groups (broad SMARTS) is 3. The maximum Gasteiger partial charge on any atom is 0.327 e. The first-order valence-corrected chi connectivity index (χ1v) is 23.0. The maximum absolute atomic E-state index is 10.2. The first kappa shape index (κ1) is 56.0. The van der Waals surface area contributed by atoms with E-state index in [-0.39, 0.29) is 0 Å². The number of hydrogen-bond donors (Lipinski definition) is 3. The van der Waals surface area contributed by atoms with Gasteiger partial charge in [-0.05, 0) is 38.5 Å². The summed E-state index contributed by atoms with van der Waals surface area (Å²) in [6.07, 6.45) is 55.9. The standard InChI is InChI=1S/C17H32O2.C16H30O2.C15H28O2/c1-2-3-4-5-6-7-8-9-10-11-12-13-14-15-16-17(18)19;1-2-3-4-5-6-7-8-9-10-11-12-13-14-15-16(17)18;1-2-3-4-5-6-7-8-9-10-11-12-13-14-15(16)17/h15-16H,2-14H2,1H3,(H,18,19);14-15H,2-13H2,1H3,(H,17,18);13-14H,2-12H2,1H3,(H,16,17). The fraction of sp³-hybridized carbons (Fsp3) is 0.812. The highest BCUT2D eigenvalue weighted by molar-refractivity contribution is 5.80. The van der Waals surface area contributed by atoms with Gasteiger partial charge in [0.1, 0.15) is 0 Å². The summed E-state index contributed by atoms with van der Waals surface area (Å²) in [5, 5.41) is 25.2. The van der Waals surface area contributed by atoms with Gasteiger partial charge in [-0.2, -0.15) is 0 Å². The molecule has 0 aliphatic carbocycles. The minimum Gasteiger partial charge on any atom is -0.478 e. The van der Waals surface area contributed by atoms with Crippen LogP contribution in [-0.2, 0) is 14.4 Å². The fourth-order valence-corrected chi connectivity index (χ4v) is 6.33. The topological polar surface area (TPSA) is 112 Å². The molecule has 0 bridgehead atoms. The predicted molar refractivity (Wildman–Crippen MR) is 234 cm³/mol. The summed E-state index contributed by atoms with van der Waals surface area (Å²) >= 11 is 0. The molecule has 0 aromatic heterocycles. The van der Waals surface area contributed by atoms with Crippen molar-refractivity contribution in [2.24, 2.45) is 0 Å². The Bertz CT molecular complexity index is 846. The van der Waals surface area contributed by atoms with Crippen LogP contribution in [0.4, 0.5) is 0 Å². The van der Waals surface area contributed by atoms with Gasteiger partial charge in [0.25, 0.3) is 0 Å². The monoisotopic (exact) mass is 763 g/mol. The Balaban J connectivity index is -0.000000724. The van der Waals surface area contributed by atoms with Gasteiger partial charge in [0.2, 0.25) is 0 Å². The van der Waals surface area contributed by atoms with Crippen LogP contribution in [0.1, 0.15) is 252 Å². The molecule has 0 spiro atoms. The van der Waals surface area contributed by atoms with Crippen molar-refractivity contribution in [2.75, 3.05) is 0 Å². The zero-order chi connectivity index (χ0) is 40.4. The van der Waals surface area contributed by atoms with E-state index in [1.807, 2.05) is 0 Å². The van der Waals surface area contributed by atoms with E-state index in [1.54, 1.807) is 18.2 Å². The van der Waals surface area contributed by atoms with Gasteiger partial charge >= 0.3 is 17.9 Å². The summed E-state index contributed by atoms with van der Waals surface area (Å²) < 4.78 is 0. The van der Waals surface area contributed by atoms with Crippen molar-refractivity contribution in [3.05, 3.63) is 36.5 Å². The summed E-state index contributed by atoms with van der Waals surface area (Å²) in [6.45, 7) is 6.77. The van der Waals surface area contributed by atoms with Crippen molar-refractivity contribution in [1.29, 1.82) is 0 Å². The summed E-state index contributed by atoms with van der Waals surface area (Å²) in [5.41, 5.74) is 0. The van der Waals surface area contributed by atoms with E-state index >= 15 is 0 Å². The van der Waals surface area contributed by atoms with Crippen molar-refractivity contribution < 1.29 is 29.7 Å². The van der Waals surface area contributed by atoms with Crippen LogP contribution < -0.4 is 0 Å². The zero-order valence-electron chi connectivity index (χ0n) is 36.0. The summed E-state index contributed by atoms with van der Waals surface area (Å²) in [7, 11) is 0. The molecule has 0 radical (unpaired) electrons. The van der Waals surface area contributed by atoms with E-state index in [0.29, 0.717) is 0 Å². The molecule has 0 rings (SSSR count). The Morgan fingerprint density at radius 1 is 0.278 bits per heavy atom. The Morgan fingerprint density at radius 2 is 0.426 bits per heavy atom. The van der Waals surface area contributed by atoms with Gasteiger partial charge in [0, 0.05) is 18.2 Å². The highest BCUT2D eigenvalue weighted by atomic mass is 16.4. The zero-order valence-corrected chi connectivity index (χ0v) is 36.0. The molecule has 0 aliphatic rings. The maximum atomic E-state index is 10.2. The average Bonchev–Trinajstić information content (AvgIpc) is 3.14. The second kappa shape index (κ2) is 52.7. The second-order valence-electron chi connectivity index (χ2n) is 15.2. The lowest BCUT2D eigenvalue weighted by Gasteiger charge is -2.02. The summed E-state index contributed by atoms with van der Waals surface area (Å²) in [6, 6.07) is 0. The first-order valence-electron chi connectivity index (χ1n) is 23.0. The van der Waals surface area contributed by atoms with E-state index in [4.69, 9.17) is 15.3 Å². The number of allylic oxidation sites excluding steroid dienone is 3. The van der Waals surface area contributed by atoms with Crippen molar-refractivity contribution in [3.63, 3.8) is 0 Å². The molecule has 318 valence electrons. The highest BCUT2D eigenvalue weighted by Gasteiger charge is 1.95. The molecule has 0 aromatic rings. The molecule has 3 N–H and O–H groups in total. The quantitative estimate of drug-likeness (QED) is 0.0425. The largest absolute Gasteiger partial charge is 0.478 e. The minimum atomic E-state index is -0.836. The SMILES string of the molecule is CCCCCCCCCCCCC=CC(=O)O.CCCCCCCCCCCCCC=CC(=O)O.CCCCCCCCCCCCCCC=CC(=O)O. The van der Waals surface area contributed by atoms with Crippen LogP contribution >= 0.6 is 0 Å². The summed E-state index contributed by atoms with van der Waals surface area (Å²) in [4.78, 5) is 30.6. The molecule has 0 saturated heterocycles. The van der Waals surface area contributed by atoms with Crippen molar-refractivity contribution in [2.45, 2.75) is 252 Å². The van der Waals surface area contributed by atoms with E-state index in [9.17, 15) is 14.4 Å². The summed E-state index contributed by atoms with van der Waals surface area (Å²) in [5.74, 6) is -2.51. The van der Waals surface area contributed by atoms with Crippen LogP contribution in [0, 0.1) is 0 Å². The molecule has 0 aromatic carbocycles. The molecule has 6 nitrogen and oxygen atoms in total. The van der Waals surface area contributed by atoms with E-state index in [0.717, 1.165) is 38.5 Å². The van der Waals surface area contributed by atoms with Crippen LogP contribution in [0.15, 0.2) is 36.5 Å². The molecule has 0 unspecified atom stereocenters. The van der Waals surface area contributed by atoms with Gasteiger partial charge in [-0.25, -0.2) is 14.4 Å². The van der Waals surface area contributed by atoms with Crippen LogP contribution in [0.3, 0.4) is 0 Å². The molecule has 0 amide bonds. The third-order valence-electron chi connectivity index (χ3n) is 9.70. The Hall–Kier alpha value is -2.37. The Labute approximate surface area is 335 Å². The molecule has 6 heteroatoms. The molecule has 0 fully saturated rings. The number of aliphatic carboxylic acids is 3.